The molecule has 0 bridgehead atoms. The minimum Gasteiger partial charge on any atom is -0.465 e. The van der Waals surface area contributed by atoms with Crippen molar-refractivity contribution < 1.29 is 22.3 Å². The topological polar surface area (TPSA) is 75.7 Å². The molecule has 1 aromatic carbocycles. The maximum absolute atomic E-state index is 13.9. The second-order valence-electron chi connectivity index (χ2n) is 5.60. The zero-order valence-electron chi connectivity index (χ0n) is 12.5. The van der Waals surface area contributed by atoms with Gasteiger partial charge in [0.15, 0.2) is 0 Å². The van der Waals surface area contributed by atoms with Crippen molar-refractivity contribution in [3.8, 4) is 0 Å². The van der Waals surface area contributed by atoms with Crippen LogP contribution in [0.4, 0.5) is 4.39 Å². The first-order chi connectivity index (χ1) is 10.4. The summed E-state index contributed by atoms with van der Waals surface area (Å²) in [6, 6.07) is 3.58. The van der Waals surface area contributed by atoms with Crippen molar-refractivity contribution in [2.45, 2.75) is 4.90 Å². The molecule has 0 amide bonds. The molecule has 0 radical (unpaired) electrons. The van der Waals surface area contributed by atoms with Crippen LogP contribution in [0.3, 0.4) is 0 Å². The van der Waals surface area contributed by atoms with Crippen LogP contribution in [0.5, 0.6) is 0 Å². The molecule has 0 aliphatic carbocycles. The molecule has 0 aromatic heterocycles. The fourth-order valence-corrected chi connectivity index (χ4v) is 4.91. The summed E-state index contributed by atoms with van der Waals surface area (Å²) in [4.78, 5) is 11.4. The second-order valence-corrected chi connectivity index (χ2v) is 7.51. The number of fused-ring (bicyclic) bond motifs is 1. The van der Waals surface area contributed by atoms with Gasteiger partial charge in [0.1, 0.15) is 11.4 Å². The number of sulfonamides is 1. The van der Waals surface area contributed by atoms with Crippen molar-refractivity contribution in [3.05, 3.63) is 29.6 Å². The Morgan fingerprint density at radius 1 is 1.30 bits per heavy atom. The van der Waals surface area contributed by atoms with Gasteiger partial charge in [-0.2, -0.15) is 4.31 Å². The quantitative estimate of drug-likeness (QED) is 0.806. The lowest BCUT2D eigenvalue weighted by Crippen LogP contribution is -2.33. The van der Waals surface area contributed by atoms with Crippen LogP contribution in [0.25, 0.3) is 0 Å². The first kappa shape index (κ1) is 18.1. The molecule has 23 heavy (non-hydrogen) atoms. The molecule has 0 unspecified atom stereocenters. The highest BCUT2D eigenvalue weighted by Gasteiger charge is 2.42. The molecule has 2 fully saturated rings. The van der Waals surface area contributed by atoms with E-state index in [1.54, 1.807) is 0 Å². The van der Waals surface area contributed by atoms with Gasteiger partial charge in [-0.25, -0.2) is 17.6 Å². The molecule has 2 aliphatic rings. The SMILES string of the molecule is COC(=O)c1c(F)cccc1S(=O)(=O)N1C[C@H]2CNC[C@H]2C1.Cl. The Kier molecular flexibility index (Phi) is 5.30. The number of hydrogen-bond acceptors (Lipinski definition) is 5. The van der Waals surface area contributed by atoms with E-state index in [0.717, 1.165) is 26.3 Å². The largest absolute Gasteiger partial charge is 0.465 e. The third kappa shape index (κ3) is 3.08. The predicted molar refractivity (Wildman–Crippen MR) is 83.6 cm³/mol. The van der Waals surface area contributed by atoms with Gasteiger partial charge in [-0.05, 0) is 37.1 Å². The lowest BCUT2D eigenvalue weighted by molar-refractivity contribution is 0.0590. The van der Waals surface area contributed by atoms with Crippen LogP contribution < -0.4 is 5.32 Å². The van der Waals surface area contributed by atoms with Crippen molar-refractivity contribution >= 4 is 28.4 Å². The Hall–Kier alpha value is -1.22. The van der Waals surface area contributed by atoms with Gasteiger partial charge in [-0.15, -0.1) is 12.4 Å². The maximum atomic E-state index is 13.9. The molecule has 3 rings (SSSR count). The number of carbonyl (C=O) groups excluding carboxylic acids is 1. The van der Waals surface area contributed by atoms with E-state index in [9.17, 15) is 17.6 Å². The zero-order chi connectivity index (χ0) is 15.9. The van der Waals surface area contributed by atoms with Crippen molar-refractivity contribution in [2.75, 3.05) is 33.3 Å². The van der Waals surface area contributed by atoms with Gasteiger partial charge in [0.25, 0.3) is 0 Å². The summed E-state index contributed by atoms with van der Waals surface area (Å²) in [5.74, 6) is -1.35. The fraction of sp³-hybridized carbons (Fsp3) is 0.500. The number of nitrogens with zero attached hydrogens (tertiary/aromatic N) is 1. The molecule has 2 atom stereocenters. The number of methoxy groups -OCH3 is 1. The predicted octanol–water partition coefficient (Wildman–Crippen LogP) is 0.874. The Labute approximate surface area is 140 Å². The molecule has 6 nitrogen and oxygen atoms in total. The number of rotatable bonds is 3. The Morgan fingerprint density at radius 2 is 1.91 bits per heavy atom. The summed E-state index contributed by atoms with van der Waals surface area (Å²) < 4.78 is 45.4. The highest BCUT2D eigenvalue weighted by atomic mass is 35.5. The molecule has 0 spiro atoms. The summed E-state index contributed by atoms with van der Waals surface area (Å²) in [5, 5.41) is 3.23. The van der Waals surface area contributed by atoms with E-state index < -0.39 is 27.4 Å². The first-order valence-electron chi connectivity index (χ1n) is 7.03. The van der Waals surface area contributed by atoms with Crippen molar-refractivity contribution in [2.24, 2.45) is 11.8 Å². The van der Waals surface area contributed by atoms with Crippen LogP contribution in [-0.4, -0.2) is 52.0 Å². The highest BCUT2D eigenvalue weighted by molar-refractivity contribution is 7.89. The van der Waals surface area contributed by atoms with Crippen molar-refractivity contribution in [1.82, 2.24) is 9.62 Å². The second kappa shape index (κ2) is 6.72. The molecule has 2 aliphatic heterocycles. The molecule has 128 valence electrons. The van der Waals surface area contributed by atoms with Gasteiger partial charge in [-0.1, -0.05) is 6.07 Å². The van der Waals surface area contributed by atoms with Crippen LogP contribution in [0.15, 0.2) is 23.1 Å². The number of ether oxygens (including phenoxy) is 1. The molecule has 1 aromatic rings. The molecule has 9 heteroatoms. The number of halogens is 2. The van der Waals surface area contributed by atoms with E-state index in [-0.39, 0.29) is 29.1 Å². The fourth-order valence-electron chi connectivity index (χ4n) is 3.17. The minimum absolute atomic E-state index is 0. The molecule has 2 heterocycles. The van der Waals surface area contributed by atoms with E-state index in [2.05, 4.69) is 10.1 Å². The highest BCUT2D eigenvalue weighted by Crippen LogP contribution is 2.32. The summed E-state index contributed by atoms with van der Waals surface area (Å²) in [6.45, 7) is 2.33. The van der Waals surface area contributed by atoms with Crippen LogP contribution in [0.2, 0.25) is 0 Å². The van der Waals surface area contributed by atoms with Crippen LogP contribution >= 0.6 is 12.4 Å². The standard InChI is InChI=1S/C14H17FN2O4S.ClH/c1-21-14(18)13-11(15)3-2-4-12(13)22(19,20)17-7-9-5-16-6-10(9)8-17;/h2-4,9-10,16H,5-8H2,1H3;1H/t9-,10+;. The van der Waals surface area contributed by atoms with Gasteiger partial charge in [0, 0.05) is 13.1 Å². The average molecular weight is 365 g/mol. The van der Waals surface area contributed by atoms with E-state index in [0.29, 0.717) is 13.1 Å². The molecule has 1 N–H and O–H groups in total. The van der Waals surface area contributed by atoms with E-state index in [4.69, 9.17) is 0 Å². The van der Waals surface area contributed by atoms with Crippen LogP contribution in [0.1, 0.15) is 10.4 Å². The smallest absolute Gasteiger partial charge is 0.342 e. The molecular formula is C14H18ClFN2O4S. The third-order valence-electron chi connectivity index (χ3n) is 4.34. The zero-order valence-corrected chi connectivity index (χ0v) is 14.1. The molecule has 0 saturated carbocycles. The Morgan fingerprint density at radius 3 is 2.48 bits per heavy atom. The lowest BCUT2D eigenvalue weighted by Gasteiger charge is -2.19. The normalized spacial score (nSPS) is 24.1. The molecule has 2 saturated heterocycles. The Balaban J connectivity index is 0.00000192. The van der Waals surface area contributed by atoms with E-state index in [1.165, 1.54) is 16.4 Å². The summed E-state index contributed by atoms with van der Waals surface area (Å²) in [5.41, 5.74) is -0.528. The first-order valence-corrected chi connectivity index (χ1v) is 8.47. The van der Waals surface area contributed by atoms with Gasteiger partial charge in [-0.3, -0.25) is 0 Å². The van der Waals surface area contributed by atoms with E-state index >= 15 is 0 Å². The van der Waals surface area contributed by atoms with Gasteiger partial charge < -0.3 is 10.1 Å². The minimum atomic E-state index is -3.92. The number of esters is 1. The number of nitrogens with one attached hydrogen (secondary N) is 1. The average Bonchev–Trinajstić information content (AvgIpc) is 3.07. The van der Waals surface area contributed by atoms with Crippen molar-refractivity contribution in [1.29, 1.82) is 0 Å². The Bertz CT molecular complexity index is 701. The summed E-state index contributed by atoms with van der Waals surface area (Å²) >= 11 is 0. The maximum Gasteiger partial charge on any atom is 0.342 e. The number of benzene rings is 1. The van der Waals surface area contributed by atoms with Crippen molar-refractivity contribution in [3.63, 3.8) is 0 Å². The van der Waals surface area contributed by atoms with Crippen LogP contribution in [-0.2, 0) is 14.8 Å². The van der Waals surface area contributed by atoms with Gasteiger partial charge in [0.2, 0.25) is 10.0 Å². The third-order valence-corrected chi connectivity index (χ3v) is 6.21. The summed E-state index contributed by atoms with van der Waals surface area (Å²) in [7, 11) is -2.83. The van der Waals surface area contributed by atoms with Gasteiger partial charge in [0.05, 0.1) is 12.0 Å². The van der Waals surface area contributed by atoms with Gasteiger partial charge >= 0.3 is 5.97 Å². The lowest BCUT2D eigenvalue weighted by atomic mass is 10.0. The monoisotopic (exact) mass is 364 g/mol. The van der Waals surface area contributed by atoms with Crippen LogP contribution in [0, 0.1) is 17.7 Å². The molecular weight excluding hydrogens is 347 g/mol. The number of hydrogen-bond donors (Lipinski definition) is 1. The van der Waals surface area contributed by atoms with E-state index in [1.807, 2.05) is 0 Å². The summed E-state index contributed by atoms with van der Waals surface area (Å²) in [6.07, 6.45) is 0. The number of carbonyl (C=O) groups is 1.